The van der Waals surface area contributed by atoms with Crippen molar-refractivity contribution in [2.75, 3.05) is 32.9 Å². The lowest BCUT2D eigenvalue weighted by molar-refractivity contribution is -0.137. The molecule has 0 unspecified atom stereocenters. The summed E-state index contributed by atoms with van der Waals surface area (Å²) in [5.41, 5.74) is 1.47. The fourth-order valence-corrected chi connectivity index (χ4v) is 3.74. The summed E-state index contributed by atoms with van der Waals surface area (Å²) in [4.78, 5) is 14.3. The normalized spacial score (nSPS) is 24.4. The molecule has 0 radical (unpaired) electrons. The predicted octanol–water partition coefficient (Wildman–Crippen LogP) is 3.05. The molecule has 2 heterocycles. The summed E-state index contributed by atoms with van der Waals surface area (Å²) < 4.78 is 11.3. The highest BCUT2D eigenvalue weighted by Crippen LogP contribution is 2.38. The summed E-state index contributed by atoms with van der Waals surface area (Å²) in [5, 5.41) is 0. The summed E-state index contributed by atoms with van der Waals surface area (Å²) in [6, 6.07) is 8.20. The van der Waals surface area contributed by atoms with E-state index in [0.29, 0.717) is 18.9 Å². The predicted molar refractivity (Wildman–Crippen MR) is 89.6 cm³/mol. The third-order valence-corrected chi connectivity index (χ3v) is 5.08. The topological polar surface area (TPSA) is 38.8 Å². The quantitative estimate of drug-likeness (QED) is 0.809. The molecule has 23 heavy (non-hydrogen) atoms. The Hall–Kier alpha value is -1.55. The van der Waals surface area contributed by atoms with Gasteiger partial charge in [0.05, 0.1) is 13.2 Å². The number of carbonyl (C=O) groups excluding carboxylic acids is 1. The van der Waals surface area contributed by atoms with E-state index in [9.17, 15) is 4.79 Å². The van der Waals surface area contributed by atoms with E-state index < -0.39 is 0 Å². The zero-order valence-corrected chi connectivity index (χ0v) is 14.1. The van der Waals surface area contributed by atoms with Crippen LogP contribution in [0.15, 0.2) is 24.3 Å². The molecular formula is C19H27NO3. The van der Waals surface area contributed by atoms with Gasteiger partial charge in [0.15, 0.2) is 0 Å². The van der Waals surface area contributed by atoms with Gasteiger partial charge in [-0.25, -0.2) is 0 Å². The van der Waals surface area contributed by atoms with Gasteiger partial charge in [-0.2, -0.15) is 0 Å². The van der Waals surface area contributed by atoms with Crippen LogP contribution in [0.2, 0.25) is 0 Å². The van der Waals surface area contributed by atoms with Gasteiger partial charge in [-0.3, -0.25) is 4.79 Å². The standard InChI is InChI=1S/C19H27NO3/c1-2-23-17-8-4-3-6-16(17)7-5-12-20-14-19(10-9-18(20)21)11-13-22-15-19/h3-4,6,8H,2,5,7,9-15H2,1H3/t19-/m1/s1. The van der Waals surface area contributed by atoms with Crippen molar-refractivity contribution in [2.45, 2.75) is 39.0 Å². The zero-order valence-electron chi connectivity index (χ0n) is 14.1. The van der Waals surface area contributed by atoms with Crippen LogP contribution in [-0.4, -0.2) is 43.7 Å². The second-order valence-electron chi connectivity index (χ2n) is 6.76. The van der Waals surface area contributed by atoms with Gasteiger partial charge in [-0.1, -0.05) is 18.2 Å². The number of hydrogen-bond acceptors (Lipinski definition) is 3. The van der Waals surface area contributed by atoms with E-state index in [2.05, 4.69) is 17.0 Å². The molecule has 0 bridgehead atoms. The molecule has 1 atom stereocenters. The molecule has 1 amide bonds. The first-order valence-electron chi connectivity index (χ1n) is 8.79. The molecule has 4 heteroatoms. The maximum absolute atomic E-state index is 12.2. The van der Waals surface area contributed by atoms with Crippen LogP contribution < -0.4 is 4.74 Å². The van der Waals surface area contributed by atoms with Gasteiger partial charge in [-0.05, 0) is 44.2 Å². The Morgan fingerprint density at radius 3 is 2.96 bits per heavy atom. The van der Waals surface area contributed by atoms with Gasteiger partial charge in [0.25, 0.3) is 0 Å². The Morgan fingerprint density at radius 2 is 2.17 bits per heavy atom. The number of ether oxygens (including phenoxy) is 2. The van der Waals surface area contributed by atoms with E-state index in [0.717, 1.165) is 57.7 Å². The molecule has 1 aromatic carbocycles. The van der Waals surface area contributed by atoms with E-state index >= 15 is 0 Å². The maximum Gasteiger partial charge on any atom is 0.222 e. The summed E-state index contributed by atoms with van der Waals surface area (Å²) in [6.07, 6.45) is 4.70. The molecule has 0 aliphatic carbocycles. The van der Waals surface area contributed by atoms with Crippen molar-refractivity contribution in [3.05, 3.63) is 29.8 Å². The number of nitrogens with zero attached hydrogens (tertiary/aromatic N) is 1. The Morgan fingerprint density at radius 1 is 1.30 bits per heavy atom. The van der Waals surface area contributed by atoms with Crippen LogP contribution in [0.1, 0.15) is 38.2 Å². The summed E-state index contributed by atoms with van der Waals surface area (Å²) in [6.45, 7) is 6.07. The van der Waals surface area contributed by atoms with Crippen molar-refractivity contribution < 1.29 is 14.3 Å². The molecule has 0 N–H and O–H groups in total. The largest absolute Gasteiger partial charge is 0.494 e. The van der Waals surface area contributed by atoms with E-state index in [1.165, 1.54) is 5.56 Å². The van der Waals surface area contributed by atoms with Crippen molar-refractivity contribution in [3.8, 4) is 5.75 Å². The highest BCUT2D eigenvalue weighted by atomic mass is 16.5. The van der Waals surface area contributed by atoms with Gasteiger partial charge in [0, 0.05) is 31.5 Å². The number of aryl methyl sites for hydroxylation is 1. The lowest BCUT2D eigenvalue weighted by atomic mass is 9.79. The van der Waals surface area contributed by atoms with Crippen LogP contribution in [0.4, 0.5) is 0 Å². The highest BCUT2D eigenvalue weighted by Gasteiger charge is 2.41. The number of amides is 1. The second-order valence-corrected chi connectivity index (χ2v) is 6.76. The van der Waals surface area contributed by atoms with Gasteiger partial charge in [0.2, 0.25) is 5.91 Å². The minimum absolute atomic E-state index is 0.233. The summed E-state index contributed by atoms with van der Waals surface area (Å²) in [7, 11) is 0. The average Bonchev–Trinajstić information content (AvgIpc) is 3.01. The maximum atomic E-state index is 12.2. The number of hydrogen-bond donors (Lipinski definition) is 0. The van der Waals surface area contributed by atoms with Crippen LogP contribution >= 0.6 is 0 Å². The van der Waals surface area contributed by atoms with Gasteiger partial charge >= 0.3 is 0 Å². The van der Waals surface area contributed by atoms with Crippen molar-refractivity contribution in [2.24, 2.45) is 5.41 Å². The molecule has 0 saturated carbocycles. The van der Waals surface area contributed by atoms with E-state index in [1.807, 2.05) is 19.1 Å². The van der Waals surface area contributed by atoms with Crippen LogP contribution in [0, 0.1) is 5.41 Å². The van der Waals surface area contributed by atoms with Gasteiger partial charge < -0.3 is 14.4 Å². The van der Waals surface area contributed by atoms with Crippen molar-refractivity contribution in [3.63, 3.8) is 0 Å². The SMILES string of the molecule is CCOc1ccccc1CCCN1C[C@]2(CCOC2)CCC1=O. The van der Waals surface area contributed by atoms with Crippen LogP contribution in [0.5, 0.6) is 5.75 Å². The number of rotatable bonds is 6. The van der Waals surface area contributed by atoms with Crippen molar-refractivity contribution >= 4 is 5.91 Å². The molecule has 2 aliphatic rings. The average molecular weight is 317 g/mol. The summed E-state index contributed by atoms with van der Waals surface area (Å²) >= 11 is 0. The Kier molecular flexibility index (Phi) is 5.21. The fourth-order valence-electron chi connectivity index (χ4n) is 3.74. The minimum Gasteiger partial charge on any atom is -0.494 e. The van der Waals surface area contributed by atoms with E-state index in [4.69, 9.17) is 9.47 Å². The Balaban J connectivity index is 1.54. The first-order chi connectivity index (χ1) is 11.2. The molecule has 2 aliphatic heterocycles. The monoisotopic (exact) mass is 317 g/mol. The number of carbonyl (C=O) groups is 1. The number of piperidine rings is 1. The lowest BCUT2D eigenvalue weighted by Gasteiger charge is -2.39. The molecule has 2 saturated heterocycles. The van der Waals surface area contributed by atoms with Crippen LogP contribution in [0.25, 0.3) is 0 Å². The second kappa shape index (κ2) is 7.35. The minimum atomic E-state index is 0.233. The molecule has 3 rings (SSSR count). The number of benzene rings is 1. The van der Waals surface area contributed by atoms with Crippen molar-refractivity contribution in [1.29, 1.82) is 0 Å². The number of para-hydroxylation sites is 1. The zero-order chi connectivity index (χ0) is 16.1. The van der Waals surface area contributed by atoms with Gasteiger partial charge in [-0.15, -0.1) is 0 Å². The fraction of sp³-hybridized carbons (Fsp3) is 0.632. The first kappa shape index (κ1) is 16.3. The highest BCUT2D eigenvalue weighted by molar-refractivity contribution is 5.77. The summed E-state index contributed by atoms with van der Waals surface area (Å²) in [5.74, 6) is 1.28. The van der Waals surface area contributed by atoms with E-state index in [-0.39, 0.29) is 5.41 Å². The smallest absolute Gasteiger partial charge is 0.222 e. The molecule has 0 aromatic heterocycles. The molecule has 1 spiro atoms. The third kappa shape index (κ3) is 3.86. The van der Waals surface area contributed by atoms with E-state index in [1.54, 1.807) is 0 Å². The molecule has 126 valence electrons. The third-order valence-electron chi connectivity index (χ3n) is 5.08. The Bertz CT molecular complexity index is 537. The first-order valence-corrected chi connectivity index (χ1v) is 8.79. The molecule has 1 aromatic rings. The molecule has 2 fully saturated rings. The number of likely N-dealkylation sites (tertiary alicyclic amines) is 1. The Labute approximate surface area is 138 Å². The van der Waals surface area contributed by atoms with Gasteiger partial charge in [0.1, 0.15) is 5.75 Å². The van der Waals surface area contributed by atoms with Crippen LogP contribution in [-0.2, 0) is 16.0 Å². The van der Waals surface area contributed by atoms with Crippen LogP contribution in [0.3, 0.4) is 0 Å². The lowest BCUT2D eigenvalue weighted by Crippen LogP contribution is -2.47. The molecule has 4 nitrogen and oxygen atoms in total. The van der Waals surface area contributed by atoms with Crippen molar-refractivity contribution in [1.82, 2.24) is 4.90 Å². The molecular weight excluding hydrogens is 290 g/mol.